The Morgan fingerprint density at radius 2 is 1.93 bits per heavy atom. The predicted molar refractivity (Wildman–Crippen MR) is 103 cm³/mol. The summed E-state index contributed by atoms with van der Waals surface area (Å²) in [5, 5.41) is 8.80. The second kappa shape index (κ2) is 8.59. The quantitative estimate of drug-likeness (QED) is 0.721. The van der Waals surface area contributed by atoms with Crippen LogP contribution in [-0.2, 0) is 16.1 Å². The Labute approximate surface area is 173 Å². The van der Waals surface area contributed by atoms with Crippen molar-refractivity contribution in [2.45, 2.75) is 31.5 Å². The minimum absolute atomic E-state index is 0.135. The van der Waals surface area contributed by atoms with Gasteiger partial charge in [0.25, 0.3) is 0 Å². The van der Waals surface area contributed by atoms with Gasteiger partial charge in [0, 0.05) is 17.7 Å². The highest BCUT2D eigenvalue weighted by Crippen LogP contribution is 2.34. The molecule has 8 heteroatoms. The molecule has 2 aliphatic heterocycles. The van der Waals surface area contributed by atoms with E-state index in [4.69, 9.17) is 14.7 Å². The van der Waals surface area contributed by atoms with Gasteiger partial charge in [-0.25, -0.2) is 14.2 Å². The summed E-state index contributed by atoms with van der Waals surface area (Å²) in [6.45, 7) is 0.816. The van der Waals surface area contributed by atoms with Gasteiger partial charge in [-0.3, -0.25) is 9.69 Å². The minimum atomic E-state index is -0.811. The number of morpholine rings is 1. The number of ketones is 1. The zero-order valence-corrected chi connectivity index (χ0v) is 16.2. The number of aromatic nitrogens is 1. The number of hydrogen-bond donors (Lipinski definition) is 0. The molecule has 4 rings (SSSR count). The first-order chi connectivity index (χ1) is 14.6. The fraction of sp³-hybridized carbons (Fsp3) is 0.364. The molecule has 1 amide bonds. The second-order valence-corrected chi connectivity index (χ2v) is 7.49. The van der Waals surface area contributed by atoms with Crippen molar-refractivity contribution >= 4 is 11.9 Å². The van der Waals surface area contributed by atoms with E-state index in [0.717, 1.165) is 11.6 Å². The summed E-state index contributed by atoms with van der Waals surface area (Å²) < 4.78 is 25.0. The number of nitrogens with zero attached hydrogens (tertiary/aromatic N) is 3. The molecule has 0 saturated carbocycles. The maximum absolute atomic E-state index is 13.9. The van der Waals surface area contributed by atoms with Crippen molar-refractivity contribution in [1.29, 1.82) is 5.26 Å². The van der Waals surface area contributed by atoms with Crippen LogP contribution in [0.5, 0.6) is 0 Å². The molecule has 0 radical (unpaired) electrons. The average molecular weight is 409 g/mol. The summed E-state index contributed by atoms with van der Waals surface area (Å²) in [7, 11) is 0. The number of rotatable bonds is 4. The lowest BCUT2D eigenvalue weighted by Crippen LogP contribution is -2.59. The molecule has 2 fully saturated rings. The van der Waals surface area contributed by atoms with Gasteiger partial charge in [0.15, 0.2) is 17.3 Å². The molecule has 2 aliphatic rings. The van der Waals surface area contributed by atoms with E-state index in [0.29, 0.717) is 26.1 Å². The van der Waals surface area contributed by atoms with Crippen molar-refractivity contribution in [3.05, 3.63) is 65.2 Å². The first-order valence-electron chi connectivity index (χ1n) is 9.73. The molecule has 2 unspecified atom stereocenters. The Morgan fingerprint density at radius 3 is 2.57 bits per heavy atom. The minimum Gasteiger partial charge on any atom is -0.445 e. The Bertz CT molecular complexity index is 978. The number of ether oxygens (including phenoxy) is 2. The van der Waals surface area contributed by atoms with Crippen molar-refractivity contribution < 1.29 is 23.5 Å². The van der Waals surface area contributed by atoms with Crippen LogP contribution in [0.15, 0.2) is 42.6 Å². The van der Waals surface area contributed by atoms with Crippen molar-refractivity contribution in [2.75, 3.05) is 13.2 Å². The Balaban J connectivity index is 1.44. The molecule has 3 heterocycles. The summed E-state index contributed by atoms with van der Waals surface area (Å²) >= 11 is 0. The number of hydrogen-bond acceptors (Lipinski definition) is 6. The van der Waals surface area contributed by atoms with Gasteiger partial charge in [0.05, 0.1) is 25.3 Å². The lowest BCUT2D eigenvalue weighted by atomic mass is 9.81. The molecule has 30 heavy (non-hydrogen) atoms. The van der Waals surface area contributed by atoms with Gasteiger partial charge in [-0.05, 0) is 24.5 Å². The third kappa shape index (κ3) is 4.02. The van der Waals surface area contributed by atoms with Gasteiger partial charge in [-0.2, -0.15) is 5.26 Å². The number of carbonyl (C=O) groups excluding carboxylic acids is 2. The SMILES string of the molecule is N#Cc1ncc(C(=O)C2CC3COCC(C2)N3C(=O)OCc2ccccc2)cc1F. The van der Waals surface area contributed by atoms with Crippen molar-refractivity contribution in [3.8, 4) is 6.07 Å². The maximum Gasteiger partial charge on any atom is 0.410 e. The first-order valence-corrected chi connectivity index (χ1v) is 9.73. The fourth-order valence-electron chi connectivity index (χ4n) is 4.11. The molecule has 2 bridgehead atoms. The topological polar surface area (TPSA) is 92.5 Å². The van der Waals surface area contributed by atoms with E-state index in [2.05, 4.69) is 4.98 Å². The lowest BCUT2D eigenvalue weighted by molar-refractivity contribution is -0.0755. The number of halogens is 1. The summed E-state index contributed by atoms with van der Waals surface area (Å²) in [5.41, 5.74) is 0.691. The molecular formula is C22H20FN3O4. The Kier molecular flexibility index (Phi) is 5.72. The van der Waals surface area contributed by atoms with Crippen LogP contribution in [-0.4, -0.2) is 47.1 Å². The van der Waals surface area contributed by atoms with E-state index in [-0.39, 0.29) is 41.6 Å². The zero-order valence-electron chi connectivity index (χ0n) is 16.2. The third-order valence-corrected chi connectivity index (χ3v) is 5.54. The van der Waals surface area contributed by atoms with Crippen LogP contribution in [0.3, 0.4) is 0 Å². The zero-order chi connectivity index (χ0) is 21.1. The van der Waals surface area contributed by atoms with E-state index in [9.17, 15) is 14.0 Å². The van der Waals surface area contributed by atoms with E-state index >= 15 is 0 Å². The maximum atomic E-state index is 13.9. The monoisotopic (exact) mass is 409 g/mol. The van der Waals surface area contributed by atoms with Crippen molar-refractivity contribution in [2.24, 2.45) is 5.92 Å². The molecule has 0 aliphatic carbocycles. The molecule has 2 aromatic rings. The highest BCUT2D eigenvalue weighted by molar-refractivity contribution is 5.97. The molecule has 1 aromatic heterocycles. The molecule has 0 N–H and O–H groups in total. The molecule has 7 nitrogen and oxygen atoms in total. The van der Waals surface area contributed by atoms with Crippen LogP contribution >= 0.6 is 0 Å². The Morgan fingerprint density at radius 1 is 1.23 bits per heavy atom. The summed E-state index contributed by atoms with van der Waals surface area (Å²) in [5.74, 6) is -1.43. The second-order valence-electron chi connectivity index (χ2n) is 7.49. The van der Waals surface area contributed by atoms with Gasteiger partial charge in [-0.1, -0.05) is 30.3 Å². The summed E-state index contributed by atoms with van der Waals surface area (Å²) in [6.07, 6.45) is 1.61. The number of pyridine rings is 1. The lowest BCUT2D eigenvalue weighted by Gasteiger charge is -2.47. The van der Waals surface area contributed by atoms with Crippen molar-refractivity contribution in [1.82, 2.24) is 9.88 Å². The Hall–Kier alpha value is -3.31. The van der Waals surface area contributed by atoms with E-state index < -0.39 is 11.9 Å². The van der Waals surface area contributed by atoms with Crippen molar-refractivity contribution in [3.63, 3.8) is 0 Å². The van der Waals surface area contributed by atoms with E-state index in [1.165, 1.54) is 6.20 Å². The predicted octanol–water partition coefficient (Wildman–Crippen LogP) is 3.09. The van der Waals surface area contributed by atoms with Crippen LogP contribution in [0, 0.1) is 23.1 Å². The largest absolute Gasteiger partial charge is 0.445 e. The van der Waals surface area contributed by atoms with Crippen LogP contribution in [0.1, 0.15) is 34.5 Å². The van der Waals surface area contributed by atoms with Gasteiger partial charge in [-0.15, -0.1) is 0 Å². The average Bonchev–Trinajstić information content (AvgIpc) is 2.76. The van der Waals surface area contributed by atoms with Crippen LogP contribution in [0.4, 0.5) is 9.18 Å². The summed E-state index contributed by atoms with van der Waals surface area (Å²) in [4.78, 5) is 31.0. The number of nitriles is 1. The molecule has 0 spiro atoms. The highest BCUT2D eigenvalue weighted by atomic mass is 19.1. The number of piperidine rings is 1. The highest BCUT2D eigenvalue weighted by Gasteiger charge is 2.44. The molecular weight excluding hydrogens is 389 g/mol. The number of benzene rings is 1. The van der Waals surface area contributed by atoms with Gasteiger partial charge in [0.2, 0.25) is 0 Å². The van der Waals surface area contributed by atoms with Crippen LogP contribution in [0.2, 0.25) is 0 Å². The number of fused-ring (bicyclic) bond motifs is 2. The molecule has 2 saturated heterocycles. The first kappa shape index (κ1) is 20.0. The van der Waals surface area contributed by atoms with E-state index in [1.54, 1.807) is 11.0 Å². The van der Waals surface area contributed by atoms with Crippen LogP contribution in [0.25, 0.3) is 0 Å². The normalized spacial score (nSPS) is 22.8. The van der Waals surface area contributed by atoms with Gasteiger partial charge < -0.3 is 9.47 Å². The van der Waals surface area contributed by atoms with Gasteiger partial charge >= 0.3 is 6.09 Å². The fourth-order valence-corrected chi connectivity index (χ4v) is 4.11. The number of Topliss-reactive ketones (excluding diaryl/α,β-unsaturated/α-hetero) is 1. The smallest absolute Gasteiger partial charge is 0.410 e. The number of amides is 1. The molecule has 2 atom stereocenters. The third-order valence-electron chi connectivity index (χ3n) is 5.54. The molecule has 154 valence electrons. The van der Waals surface area contributed by atoms with E-state index in [1.807, 2.05) is 30.3 Å². The molecule has 1 aromatic carbocycles. The standard InChI is InChI=1S/C22H20FN3O4/c23-19-8-16(10-25-20(19)9-24)21(27)15-6-17-12-29-13-18(7-15)26(17)22(28)30-11-14-4-2-1-3-5-14/h1-5,8,10,15,17-18H,6-7,11-13H2. The summed E-state index contributed by atoms with van der Waals surface area (Å²) in [6, 6.07) is 11.5. The number of carbonyl (C=O) groups is 2. The van der Waals surface area contributed by atoms with Crippen LogP contribution < -0.4 is 0 Å². The van der Waals surface area contributed by atoms with Gasteiger partial charge in [0.1, 0.15) is 12.7 Å².